The molecule has 2 rings (SSSR count). The number of benzene rings is 2. The molecule has 0 bridgehead atoms. The third kappa shape index (κ3) is 7.53. The molecule has 2 aromatic carbocycles. The summed E-state index contributed by atoms with van der Waals surface area (Å²) in [6.07, 6.45) is 0. The summed E-state index contributed by atoms with van der Waals surface area (Å²) in [7, 11) is 1.50. The van der Waals surface area contributed by atoms with Crippen LogP contribution in [0.4, 0.5) is 8.78 Å². The largest absolute Gasteiger partial charge is 0.454 e. The van der Waals surface area contributed by atoms with Crippen molar-refractivity contribution in [2.75, 3.05) is 13.7 Å². The quantitative estimate of drug-likeness (QED) is 0.588. The number of alkyl halides is 2. The van der Waals surface area contributed by atoms with Gasteiger partial charge >= 0.3 is 12.6 Å². The van der Waals surface area contributed by atoms with Crippen LogP contribution < -0.4 is 10.1 Å². The second kappa shape index (κ2) is 11.3. The SMILES string of the molecule is C[C@H](NC(=O)c1ccccc1Cl)C(=O)OCC(=O)N(C)Cc1ccc(OC(F)F)cc1. The molecule has 31 heavy (non-hydrogen) atoms. The molecule has 0 aliphatic rings. The first-order valence-electron chi connectivity index (χ1n) is 9.17. The predicted octanol–water partition coefficient (Wildman–Crippen LogP) is 3.26. The molecule has 0 unspecified atom stereocenters. The van der Waals surface area contributed by atoms with E-state index in [4.69, 9.17) is 16.3 Å². The molecule has 0 saturated carbocycles. The Bertz CT molecular complexity index is 924. The molecule has 10 heteroatoms. The maximum atomic E-state index is 12.2. The smallest absolute Gasteiger partial charge is 0.387 e. The predicted molar refractivity (Wildman–Crippen MR) is 109 cm³/mol. The fourth-order valence-corrected chi connectivity index (χ4v) is 2.71. The zero-order valence-electron chi connectivity index (χ0n) is 16.8. The van der Waals surface area contributed by atoms with Crippen LogP contribution in [0.25, 0.3) is 0 Å². The Kier molecular flexibility index (Phi) is 8.75. The Labute approximate surface area is 182 Å². The van der Waals surface area contributed by atoms with Gasteiger partial charge in [-0.2, -0.15) is 8.78 Å². The van der Waals surface area contributed by atoms with Crippen molar-refractivity contribution in [3.63, 3.8) is 0 Å². The lowest BCUT2D eigenvalue weighted by Crippen LogP contribution is -2.41. The summed E-state index contributed by atoms with van der Waals surface area (Å²) in [5.74, 6) is -1.80. The first-order valence-corrected chi connectivity index (χ1v) is 9.55. The van der Waals surface area contributed by atoms with Crippen molar-refractivity contribution in [3.05, 3.63) is 64.7 Å². The number of nitrogens with one attached hydrogen (secondary N) is 1. The van der Waals surface area contributed by atoms with Gasteiger partial charge in [-0.3, -0.25) is 9.59 Å². The summed E-state index contributed by atoms with van der Waals surface area (Å²) >= 11 is 5.95. The Morgan fingerprint density at radius 2 is 1.74 bits per heavy atom. The van der Waals surface area contributed by atoms with Gasteiger partial charge in [0.1, 0.15) is 11.8 Å². The highest BCUT2D eigenvalue weighted by atomic mass is 35.5. The van der Waals surface area contributed by atoms with E-state index >= 15 is 0 Å². The first kappa shape index (κ1) is 24.1. The third-order valence-corrected chi connectivity index (χ3v) is 4.48. The van der Waals surface area contributed by atoms with E-state index in [-0.39, 0.29) is 22.9 Å². The van der Waals surface area contributed by atoms with Gasteiger partial charge in [0.05, 0.1) is 10.6 Å². The lowest BCUT2D eigenvalue weighted by Gasteiger charge is -2.19. The highest BCUT2D eigenvalue weighted by Crippen LogP contribution is 2.16. The average molecular weight is 455 g/mol. The lowest BCUT2D eigenvalue weighted by atomic mass is 10.2. The van der Waals surface area contributed by atoms with Crippen LogP contribution in [0.15, 0.2) is 48.5 Å². The molecule has 0 aliphatic carbocycles. The summed E-state index contributed by atoms with van der Waals surface area (Å²) in [5.41, 5.74) is 0.883. The fraction of sp³-hybridized carbons (Fsp3) is 0.286. The standard InChI is InChI=1S/C21H21ClF2N2O5/c1-13(25-19(28)16-5-3-4-6-17(16)22)20(29)30-12-18(27)26(2)11-14-7-9-15(10-8-14)31-21(23)24/h3-10,13,21H,11-12H2,1-2H3,(H,25,28)/t13-/m0/s1. The zero-order valence-corrected chi connectivity index (χ0v) is 17.6. The number of amides is 2. The zero-order chi connectivity index (χ0) is 23.0. The number of halogens is 3. The molecule has 1 N–H and O–H groups in total. The number of carbonyl (C=O) groups is 3. The van der Waals surface area contributed by atoms with Gasteiger partial charge in [-0.15, -0.1) is 0 Å². The Hall–Kier alpha value is -3.20. The molecule has 7 nitrogen and oxygen atoms in total. The number of hydrogen-bond acceptors (Lipinski definition) is 5. The van der Waals surface area contributed by atoms with Gasteiger partial charge in [-0.1, -0.05) is 35.9 Å². The Balaban J connectivity index is 1.80. The number of ether oxygens (including phenoxy) is 2. The number of carbonyl (C=O) groups excluding carboxylic acids is 3. The highest BCUT2D eigenvalue weighted by Gasteiger charge is 2.21. The monoisotopic (exact) mass is 454 g/mol. The number of hydrogen-bond donors (Lipinski definition) is 1. The van der Waals surface area contributed by atoms with Gasteiger partial charge in [0, 0.05) is 13.6 Å². The van der Waals surface area contributed by atoms with Gasteiger partial charge in [0.15, 0.2) is 6.61 Å². The van der Waals surface area contributed by atoms with E-state index in [1.54, 1.807) is 30.3 Å². The summed E-state index contributed by atoms with van der Waals surface area (Å²) in [6.45, 7) is -1.84. The van der Waals surface area contributed by atoms with Crippen LogP contribution in [0.5, 0.6) is 5.75 Å². The van der Waals surface area contributed by atoms with E-state index in [1.165, 1.54) is 37.1 Å². The van der Waals surface area contributed by atoms with E-state index in [2.05, 4.69) is 10.1 Å². The molecule has 1 atom stereocenters. The molecule has 0 fully saturated rings. The normalized spacial score (nSPS) is 11.5. The fourth-order valence-electron chi connectivity index (χ4n) is 2.49. The summed E-state index contributed by atoms with van der Waals surface area (Å²) in [4.78, 5) is 37.8. The van der Waals surface area contributed by atoms with Crippen LogP contribution in [0, 0.1) is 0 Å². The average Bonchev–Trinajstić information content (AvgIpc) is 2.72. The molecule has 0 radical (unpaired) electrons. The van der Waals surface area contributed by atoms with Crippen LogP contribution in [0.1, 0.15) is 22.8 Å². The number of nitrogens with zero attached hydrogens (tertiary/aromatic N) is 1. The van der Waals surface area contributed by atoms with Crippen LogP contribution in [-0.4, -0.2) is 49.0 Å². The van der Waals surface area contributed by atoms with Gasteiger partial charge in [-0.05, 0) is 36.8 Å². The molecule has 2 amide bonds. The second-order valence-electron chi connectivity index (χ2n) is 6.55. The number of likely N-dealkylation sites (N-methyl/N-ethyl adjacent to an activating group) is 1. The van der Waals surface area contributed by atoms with Crippen LogP contribution in [0.3, 0.4) is 0 Å². The minimum atomic E-state index is -2.92. The maximum absolute atomic E-state index is 12.2. The summed E-state index contributed by atoms with van der Waals surface area (Å²) in [5, 5.41) is 2.70. The van der Waals surface area contributed by atoms with Crippen molar-refractivity contribution in [1.29, 1.82) is 0 Å². The lowest BCUT2D eigenvalue weighted by molar-refractivity contribution is -0.153. The molecule has 166 valence electrons. The van der Waals surface area contributed by atoms with Gasteiger partial charge in [-0.25, -0.2) is 4.79 Å². The summed E-state index contributed by atoms with van der Waals surface area (Å²) < 4.78 is 33.6. The molecule has 0 aromatic heterocycles. The highest BCUT2D eigenvalue weighted by molar-refractivity contribution is 6.33. The number of rotatable bonds is 9. The minimum Gasteiger partial charge on any atom is -0.454 e. The molecular formula is C21H21ClF2N2O5. The van der Waals surface area contributed by atoms with Crippen LogP contribution in [0.2, 0.25) is 5.02 Å². The van der Waals surface area contributed by atoms with Crippen LogP contribution in [-0.2, 0) is 20.9 Å². The van der Waals surface area contributed by atoms with Gasteiger partial charge in [0.25, 0.3) is 11.8 Å². The van der Waals surface area contributed by atoms with Crippen molar-refractivity contribution >= 4 is 29.4 Å². The van der Waals surface area contributed by atoms with Crippen molar-refractivity contribution in [2.45, 2.75) is 26.1 Å². The van der Waals surface area contributed by atoms with Crippen molar-refractivity contribution in [1.82, 2.24) is 10.2 Å². The van der Waals surface area contributed by atoms with E-state index in [0.717, 1.165) is 0 Å². The molecule has 0 aliphatic heterocycles. The Morgan fingerprint density at radius 1 is 1.10 bits per heavy atom. The minimum absolute atomic E-state index is 0.00878. The first-order chi connectivity index (χ1) is 14.7. The maximum Gasteiger partial charge on any atom is 0.387 e. The molecular weight excluding hydrogens is 434 g/mol. The topological polar surface area (TPSA) is 84.9 Å². The molecule has 0 spiro atoms. The van der Waals surface area contributed by atoms with E-state index in [0.29, 0.717) is 5.56 Å². The van der Waals surface area contributed by atoms with Gasteiger partial charge < -0.3 is 19.7 Å². The Morgan fingerprint density at radius 3 is 2.35 bits per heavy atom. The van der Waals surface area contributed by atoms with E-state index in [9.17, 15) is 23.2 Å². The van der Waals surface area contributed by atoms with Gasteiger partial charge in [0.2, 0.25) is 0 Å². The molecule has 2 aromatic rings. The van der Waals surface area contributed by atoms with Crippen molar-refractivity contribution < 1.29 is 32.6 Å². The molecule has 0 heterocycles. The number of esters is 1. The second-order valence-corrected chi connectivity index (χ2v) is 6.96. The van der Waals surface area contributed by atoms with Crippen molar-refractivity contribution in [2.24, 2.45) is 0 Å². The van der Waals surface area contributed by atoms with Crippen molar-refractivity contribution in [3.8, 4) is 5.75 Å². The summed E-state index contributed by atoms with van der Waals surface area (Å²) in [6, 6.07) is 11.2. The third-order valence-electron chi connectivity index (χ3n) is 4.15. The molecule has 0 saturated heterocycles. The van der Waals surface area contributed by atoms with Crippen LogP contribution >= 0.6 is 11.6 Å². The van der Waals surface area contributed by atoms with E-state index < -0.39 is 37.0 Å². The van der Waals surface area contributed by atoms with E-state index in [1.807, 2.05) is 0 Å².